The molecule has 2 rings (SSSR count). The Hall–Kier alpha value is -1.62. The largest absolute Gasteiger partial charge is 0.368 e. The summed E-state index contributed by atoms with van der Waals surface area (Å²) in [7, 11) is 0. The molecular formula is C10H11N3OS. The quantitative estimate of drug-likeness (QED) is 0.856. The number of carbonyl (C=O) groups excluding carboxylic acids is 1. The highest BCUT2D eigenvalue weighted by Crippen LogP contribution is 2.25. The standard InChI is InChI=1S/C10H11N3OS/c1-7(9(11)14)13-5-4-12-10(13)8-3-2-6-15-8/h2-7H,1H3,(H2,11,14)/t7-/m1/s1. The SMILES string of the molecule is C[C@H](C(N)=O)n1ccnc1-c1cccs1. The molecule has 0 spiro atoms. The molecule has 2 aromatic heterocycles. The Labute approximate surface area is 91.4 Å². The zero-order valence-corrected chi connectivity index (χ0v) is 9.07. The summed E-state index contributed by atoms with van der Waals surface area (Å²) in [5, 5.41) is 1.98. The van der Waals surface area contributed by atoms with Crippen molar-refractivity contribution in [1.82, 2.24) is 9.55 Å². The molecule has 1 amide bonds. The van der Waals surface area contributed by atoms with E-state index in [0.29, 0.717) is 0 Å². The van der Waals surface area contributed by atoms with Crippen molar-refractivity contribution in [3.63, 3.8) is 0 Å². The van der Waals surface area contributed by atoms with E-state index in [1.165, 1.54) is 0 Å². The van der Waals surface area contributed by atoms with Crippen molar-refractivity contribution < 1.29 is 4.79 Å². The molecule has 0 aromatic carbocycles. The van der Waals surface area contributed by atoms with Gasteiger partial charge in [0.05, 0.1) is 4.88 Å². The third-order valence-corrected chi connectivity index (χ3v) is 3.11. The van der Waals surface area contributed by atoms with E-state index in [-0.39, 0.29) is 11.9 Å². The first-order chi connectivity index (χ1) is 7.20. The fourth-order valence-electron chi connectivity index (χ4n) is 1.36. The van der Waals surface area contributed by atoms with Gasteiger partial charge in [0.25, 0.3) is 0 Å². The zero-order chi connectivity index (χ0) is 10.8. The van der Waals surface area contributed by atoms with Gasteiger partial charge in [-0.25, -0.2) is 4.98 Å². The van der Waals surface area contributed by atoms with Gasteiger partial charge in [-0.15, -0.1) is 11.3 Å². The molecule has 0 bridgehead atoms. The molecule has 78 valence electrons. The van der Waals surface area contributed by atoms with Gasteiger partial charge in [-0.1, -0.05) is 6.07 Å². The van der Waals surface area contributed by atoms with Crippen molar-refractivity contribution in [1.29, 1.82) is 0 Å². The average molecular weight is 221 g/mol. The summed E-state index contributed by atoms with van der Waals surface area (Å²) in [6.07, 6.45) is 3.44. The van der Waals surface area contributed by atoms with E-state index in [4.69, 9.17) is 5.73 Å². The molecule has 5 heteroatoms. The number of nitrogens with zero attached hydrogens (tertiary/aromatic N) is 2. The van der Waals surface area contributed by atoms with Gasteiger partial charge in [0, 0.05) is 12.4 Å². The Balaban J connectivity index is 2.43. The predicted molar refractivity (Wildman–Crippen MR) is 59.4 cm³/mol. The van der Waals surface area contributed by atoms with Crippen molar-refractivity contribution in [2.75, 3.05) is 0 Å². The minimum Gasteiger partial charge on any atom is -0.368 e. The van der Waals surface area contributed by atoms with Crippen LogP contribution in [0, 0.1) is 0 Å². The molecule has 2 heterocycles. The van der Waals surface area contributed by atoms with Crippen molar-refractivity contribution in [2.24, 2.45) is 5.73 Å². The summed E-state index contributed by atoms with van der Waals surface area (Å²) in [6, 6.07) is 3.55. The molecule has 0 fully saturated rings. The van der Waals surface area contributed by atoms with Gasteiger partial charge < -0.3 is 10.3 Å². The normalized spacial score (nSPS) is 12.6. The van der Waals surface area contributed by atoms with Crippen LogP contribution < -0.4 is 5.73 Å². The van der Waals surface area contributed by atoms with Gasteiger partial charge in [-0.3, -0.25) is 4.79 Å². The van der Waals surface area contributed by atoms with Crippen molar-refractivity contribution in [2.45, 2.75) is 13.0 Å². The van der Waals surface area contributed by atoms with E-state index in [9.17, 15) is 4.79 Å². The zero-order valence-electron chi connectivity index (χ0n) is 8.25. The average Bonchev–Trinajstić information content (AvgIpc) is 2.86. The number of aromatic nitrogens is 2. The van der Waals surface area contributed by atoms with Crippen LogP contribution in [-0.2, 0) is 4.79 Å². The molecule has 0 aliphatic heterocycles. The lowest BCUT2D eigenvalue weighted by atomic mass is 10.3. The maximum absolute atomic E-state index is 11.1. The van der Waals surface area contributed by atoms with Crippen LogP contribution in [0.2, 0.25) is 0 Å². The molecule has 0 saturated heterocycles. The number of rotatable bonds is 3. The van der Waals surface area contributed by atoms with Crippen molar-refractivity contribution in [3.05, 3.63) is 29.9 Å². The third kappa shape index (κ3) is 1.78. The molecule has 0 aliphatic carbocycles. The summed E-state index contributed by atoms with van der Waals surface area (Å²) in [6.45, 7) is 1.76. The number of imidazole rings is 1. The van der Waals surface area contributed by atoms with Crippen molar-refractivity contribution >= 4 is 17.2 Å². The van der Waals surface area contributed by atoms with E-state index >= 15 is 0 Å². The van der Waals surface area contributed by atoms with Gasteiger partial charge in [0.15, 0.2) is 5.82 Å². The molecule has 15 heavy (non-hydrogen) atoms. The van der Waals surface area contributed by atoms with E-state index in [1.807, 2.05) is 17.5 Å². The second-order valence-electron chi connectivity index (χ2n) is 3.21. The monoisotopic (exact) mass is 221 g/mol. The highest BCUT2D eigenvalue weighted by Gasteiger charge is 2.15. The Morgan fingerprint density at radius 2 is 2.47 bits per heavy atom. The van der Waals surface area contributed by atoms with E-state index < -0.39 is 0 Å². The number of amides is 1. The number of carbonyl (C=O) groups is 1. The molecule has 2 N–H and O–H groups in total. The summed E-state index contributed by atoms with van der Waals surface area (Å²) in [5.41, 5.74) is 5.27. The van der Waals surface area contributed by atoms with Crippen molar-refractivity contribution in [3.8, 4) is 10.7 Å². The van der Waals surface area contributed by atoms with E-state index in [1.54, 1.807) is 35.2 Å². The highest BCUT2D eigenvalue weighted by atomic mass is 32.1. The number of hydrogen-bond acceptors (Lipinski definition) is 3. The Bertz CT molecular complexity index is 461. The molecule has 2 aromatic rings. The number of thiophene rings is 1. The molecular weight excluding hydrogens is 210 g/mol. The molecule has 1 atom stereocenters. The van der Waals surface area contributed by atoms with E-state index in [2.05, 4.69) is 4.98 Å². The maximum atomic E-state index is 11.1. The molecule has 0 saturated carbocycles. The maximum Gasteiger partial charge on any atom is 0.240 e. The molecule has 0 aliphatic rings. The predicted octanol–water partition coefficient (Wildman–Crippen LogP) is 1.66. The minimum atomic E-state index is -0.371. The first-order valence-electron chi connectivity index (χ1n) is 4.56. The fourth-order valence-corrected chi connectivity index (χ4v) is 2.08. The molecule has 0 unspecified atom stereocenters. The van der Waals surface area contributed by atoms with Gasteiger partial charge >= 0.3 is 0 Å². The lowest BCUT2D eigenvalue weighted by Gasteiger charge is -2.11. The van der Waals surface area contributed by atoms with Gasteiger partial charge in [-0.2, -0.15) is 0 Å². The van der Waals surface area contributed by atoms with Crippen LogP contribution in [0.25, 0.3) is 10.7 Å². The van der Waals surface area contributed by atoms with Gasteiger partial charge in [0.2, 0.25) is 5.91 Å². The minimum absolute atomic E-state index is 0.356. The lowest BCUT2D eigenvalue weighted by molar-refractivity contribution is -0.120. The van der Waals surface area contributed by atoms with Gasteiger partial charge in [-0.05, 0) is 18.4 Å². The van der Waals surface area contributed by atoms with Crippen LogP contribution in [0.4, 0.5) is 0 Å². The second kappa shape index (κ2) is 3.86. The Kier molecular flexibility index (Phi) is 2.55. The van der Waals surface area contributed by atoms with E-state index in [0.717, 1.165) is 10.7 Å². The first-order valence-corrected chi connectivity index (χ1v) is 5.44. The van der Waals surface area contributed by atoms with Crippen LogP contribution in [0.5, 0.6) is 0 Å². The van der Waals surface area contributed by atoms with Crippen LogP contribution in [0.1, 0.15) is 13.0 Å². The van der Waals surface area contributed by atoms with Crippen LogP contribution in [-0.4, -0.2) is 15.5 Å². The topological polar surface area (TPSA) is 60.9 Å². The van der Waals surface area contributed by atoms with Gasteiger partial charge in [0.1, 0.15) is 6.04 Å². The summed E-state index contributed by atoms with van der Waals surface area (Å²) < 4.78 is 1.79. The lowest BCUT2D eigenvalue weighted by Crippen LogP contribution is -2.23. The smallest absolute Gasteiger partial charge is 0.240 e. The summed E-state index contributed by atoms with van der Waals surface area (Å²) in [5.74, 6) is 0.433. The summed E-state index contributed by atoms with van der Waals surface area (Å²) in [4.78, 5) is 16.4. The molecule has 0 radical (unpaired) electrons. The number of primary amides is 1. The molecule has 4 nitrogen and oxygen atoms in total. The summed E-state index contributed by atoms with van der Waals surface area (Å²) >= 11 is 1.59. The van der Waals surface area contributed by atoms with Crippen LogP contribution in [0.15, 0.2) is 29.9 Å². The van der Waals surface area contributed by atoms with Crippen LogP contribution in [0.3, 0.4) is 0 Å². The van der Waals surface area contributed by atoms with Crippen LogP contribution >= 0.6 is 11.3 Å². The second-order valence-corrected chi connectivity index (χ2v) is 4.16. The highest BCUT2D eigenvalue weighted by molar-refractivity contribution is 7.13. The first kappa shape index (κ1) is 9.92. The Morgan fingerprint density at radius 3 is 3.07 bits per heavy atom. The Morgan fingerprint density at radius 1 is 1.67 bits per heavy atom. The number of nitrogens with two attached hydrogens (primary N) is 1. The fraction of sp³-hybridized carbons (Fsp3) is 0.200. The number of hydrogen-bond donors (Lipinski definition) is 1. The third-order valence-electron chi connectivity index (χ3n) is 2.24.